The van der Waals surface area contributed by atoms with Gasteiger partial charge in [-0.15, -0.1) is 11.3 Å². The van der Waals surface area contributed by atoms with E-state index in [1.165, 1.54) is 15.6 Å². The fourth-order valence-electron chi connectivity index (χ4n) is 3.40. The first-order chi connectivity index (χ1) is 14.4. The molecule has 1 aliphatic heterocycles. The number of amides is 2. The van der Waals surface area contributed by atoms with E-state index in [-0.39, 0.29) is 12.6 Å². The molecule has 2 aromatic rings. The number of nitrogens with one attached hydrogen (secondary N) is 2. The molecule has 0 spiro atoms. The van der Waals surface area contributed by atoms with Crippen molar-refractivity contribution in [1.82, 2.24) is 9.62 Å². The first-order valence-electron chi connectivity index (χ1n) is 9.70. The van der Waals surface area contributed by atoms with Crippen LogP contribution in [-0.2, 0) is 19.6 Å². The smallest absolute Gasteiger partial charge is 0.313 e. The first-order valence-corrected chi connectivity index (χ1v) is 12.0. The number of hydrogen-bond donors (Lipinski definition) is 2. The lowest BCUT2D eigenvalue weighted by molar-refractivity contribution is -0.136. The molecular formula is C20H25N3O5S2. The van der Waals surface area contributed by atoms with Crippen molar-refractivity contribution in [2.45, 2.75) is 35.9 Å². The average Bonchev–Trinajstić information content (AvgIpc) is 3.30. The molecule has 2 heterocycles. The van der Waals surface area contributed by atoms with Crippen LogP contribution < -0.4 is 15.4 Å². The van der Waals surface area contributed by atoms with Gasteiger partial charge in [0.25, 0.3) is 10.0 Å². The first kappa shape index (κ1) is 22.3. The molecule has 1 aromatic carbocycles. The zero-order valence-electron chi connectivity index (χ0n) is 16.7. The van der Waals surface area contributed by atoms with Gasteiger partial charge in [0.05, 0.1) is 7.11 Å². The van der Waals surface area contributed by atoms with Crippen LogP contribution in [0.1, 0.15) is 25.7 Å². The minimum absolute atomic E-state index is 0.198. The quantitative estimate of drug-likeness (QED) is 0.629. The number of carbonyl (C=O) groups is 2. The van der Waals surface area contributed by atoms with Crippen LogP contribution in [0.25, 0.3) is 0 Å². The molecule has 10 heteroatoms. The Morgan fingerprint density at radius 1 is 1.17 bits per heavy atom. The molecule has 1 fully saturated rings. The molecule has 0 radical (unpaired) electrons. The number of piperidine rings is 1. The summed E-state index contributed by atoms with van der Waals surface area (Å²) in [6, 6.07) is 9.77. The lowest BCUT2D eigenvalue weighted by atomic mass is 10.0. The second-order valence-corrected chi connectivity index (χ2v) is 9.99. The average molecular weight is 452 g/mol. The Morgan fingerprint density at radius 2 is 1.93 bits per heavy atom. The zero-order valence-corrected chi connectivity index (χ0v) is 18.3. The summed E-state index contributed by atoms with van der Waals surface area (Å²) < 4.78 is 32.7. The maximum absolute atomic E-state index is 12.9. The van der Waals surface area contributed by atoms with Crippen LogP contribution in [0.3, 0.4) is 0 Å². The third kappa shape index (κ3) is 5.38. The van der Waals surface area contributed by atoms with E-state index in [9.17, 15) is 18.0 Å². The molecule has 2 amide bonds. The van der Waals surface area contributed by atoms with Gasteiger partial charge in [0.15, 0.2) is 0 Å². The Balaban J connectivity index is 1.52. The van der Waals surface area contributed by atoms with Crippen LogP contribution in [0.15, 0.2) is 46.0 Å². The van der Waals surface area contributed by atoms with E-state index < -0.39 is 21.8 Å². The zero-order chi connectivity index (χ0) is 21.6. The summed E-state index contributed by atoms with van der Waals surface area (Å²) in [5.41, 5.74) is 0.483. The maximum atomic E-state index is 12.9. The minimum Gasteiger partial charge on any atom is -0.497 e. The van der Waals surface area contributed by atoms with E-state index in [0.717, 1.165) is 19.3 Å². The van der Waals surface area contributed by atoms with Crippen molar-refractivity contribution < 1.29 is 22.7 Å². The number of thiophene rings is 1. The molecule has 0 unspecified atom stereocenters. The monoisotopic (exact) mass is 451 g/mol. The van der Waals surface area contributed by atoms with E-state index in [0.29, 0.717) is 28.6 Å². The number of nitrogens with zero attached hydrogens (tertiary/aromatic N) is 1. The van der Waals surface area contributed by atoms with Gasteiger partial charge < -0.3 is 15.4 Å². The van der Waals surface area contributed by atoms with Gasteiger partial charge >= 0.3 is 11.8 Å². The van der Waals surface area contributed by atoms with Gasteiger partial charge in [-0.05, 0) is 55.0 Å². The minimum atomic E-state index is -3.53. The number of rotatable bonds is 7. The molecule has 30 heavy (non-hydrogen) atoms. The van der Waals surface area contributed by atoms with Gasteiger partial charge in [-0.3, -0.25) is 9.59 Å². The molecule has 2 N–H and O–H groups in total. The summed E-state index contributed by atoms with van der Waals surface area (Å²) in [6.07, 6.45) is 2.94. The highest BCUT2D eigenvalue weighted by Gasteiger charge is 2.33. The van der Waals surface area contributed by atoms with Crippen molar-refractivity contribution in [3.63, 3.8) is 0 Å². The van der Waals surface area contributed by atoms with Crippen LogP contribution >= 0.6 is 11.3 Å². The van der Waals surface area contributed by atoms with Crippen molar-refractivity contribution in [2.75, 3.05) is 25.5 Å². The van der Waals surface area contributed by atoms with Crippen molar-refractivity contribution in [3.05, 3.63) is 41.8 Å². The Kier molecular flexibility index (Phi) is 7.46. The standard InChI is InChI=1S/C20H25N3O5S2/c1-28-17-9-7-15(8-10-17)22-20(25)19(24)21-12-11-16-5-2-3-13-23(16)30(26,27)18-6-4-14-29-18/h4,6-10,14,16H,2-3,5,11-13H2,1H3,(H,21,24)(H,22,25)/t16-/m0/s1. The lowest BCUT2D eigenvalue weighted by Crippen LogP contribution is -2.45. The SMILES string of the molecule is COc1ccc(NC(=O)C(=O)NCC[C@@H]2CCCCN2S(=O)(=O)c2cccs2)cc1. The molecule has 1 atom stereocenters. The largest absolute Gasteiger partial charge is 0.497 e. The van der Waals surface area contributed by atoms with E-state index in [1.54, 1.807) is 48.9 Å². The summed E-state index contributed by atoms with van der Waals surface area (Å²) in [6.45, 7) is 0.687. The topological polar surface area (TPSA) is 105 Å². The highest BCUT2D eigenvalue weighted by molar-refractivity contribution is 7.91. The van der Waals surface area contributed by atoms with Crippen LogP contribution in [0.5, 0.6) is 5.75 Å². The molecule has 3 rings (SSSR count). The summed E-state index contributed by atoms with van der Waals surface area (Å²) >= 11 is 1.20. The van der Waals surface area contributed by atoms with Crippen LogP contribution in [0.2, 0.25) is 0 Å². The van der Waals surface area contributed by atoms with E-state index in [2.05, 4.69) is 10.6 Å². The van der Waals surface area contributed by atoms with Crippen molar-refractivity contribution in [1.29, 1.82) is 0 Å². The summed E-state index contributed by atoms with van der Waals surface area (Å²) in [7, 11) is -1.99. The second kappa shape index (κ2) is 10.1. The van der Waals surface area contributed by atoms with E-state index >= 15 is 0 Å². The van der Waals surface area contributed by atoms with Gasteiger partial charge in [-0.1, -0.05) is 12.5 Å². The highest BCUT2D eigenvalue weighted by Crippen LogP contribution is 2.29. The predicted octanol–water partition coefficient (Wildman–Crippen LogP) is 2.44. The number of sulfonamides is 1. The molecule has 1 aromatic heterocycles. The summed E-state index contributed by atoms with van der Waals surface area (Å²) in [5, 5.41) is 6.85. The fraction of sp³-hybridized carbons (Fsp3) is 0.400. The lowest BCUT2D eigenvalue weighted by Gasteiger charge is -2.34. The number of hydrogen-bond acceptors (Lipinski definition) is 6. The summed E-state index contributed by atoms with van der Waals surface area (Å²) in [5.74, 6) is -0.881. The van der Waals surface area contributed by atoms with Crippen LogP contribution in [-0.4, -0.2) is 50.8 Å². The molecule has 0 aliphatic carbocycles. The van der Waals surface area contributed by atoms with Gasteiger partial charge in [-0.25, -0.2) is 8.42 Å². The maximum Gasteiger partial charge on any atom is 0.313 e. The molecule has 1 aliphatic rings. The normalized spacial score (nSPS) is 17.3. The van der Waals surface area contributed by atoms with E-state index in [4.69, 9.17) is 4.74 Å². The van der Waals surface area contributed by atoms with Crippen LogP contribution in [0.4, 0.5) is 5.69 Å². The molecule has 0 saturated carbocycles. The Labute approximate surface area is 180 Å². The number of methoxy groups -OCH3 is 1. The van der Waals surface area contributed by atoms with Gasteiger partial charge in [0, 0.05) is 24.8 Å². The summed E-state index contributed by atoms with van der Waals surface area (Å²) in [4.78, 5) is 24.2. The molecule has 162 valence electrons. The van der Waals surface area contributed by atoms with Gasteiger partial charge in [-0.2, -0.15) is 4.31 Å². The van der Waals surface area contributed by atoms with E-state index in [1.807, 2.05) is 0 Å². The van der Waals surface area contributed by atoms with Gasteiger partial charge in [0.2, 0.25) is 0 Å². The number of benzene rings is 1. The molecular weight excluding hydrogens is 426 g/mol. The fourth-order valence-corrected chi connectivity index (χ4v) is 6.24. The van der Waals surface area contributed by atoms with Crippen LogP contribution in [0, 0.1) is 0 Å². The Hall–Kier alpha value is -2.43. The number of ether oxygens (including phenoxy) is 1. The predicted molar refractivity (Wildman–Crippen MR) is 115 cm³/mol. The number of anilines is 1. The third-order valence-electron chi connectivity index (χ3n) is 4.95. The molecule has 8 nitrogen and oxygen atoms in total. The third-order valence-corrected chi connectivity index (χ3v) is 8.27. The second-order valence-electron chi connectivity index (χ2n) is 6.92. The van der Waals surface area contributed by atoms with Gasteiger partial charge in [0.1, 0.15) is 9.96 Å². The van der Waals surface area contributed by atoms with Crippen molar-refractivity contribution >= 4 is 38.9 Å². The van der Waals surface area contributed by atoms with Crippen molar-refractivity contribution in [3.8, 4) is 5.75 Å². The molecule has 0 bridgehead atoms. The highest BCUT2D eigenvalue weighted by atomic mass is 32.2. The Morgan fingerprint density at radius 3 is 2.60 bits per heavy atom. The van der Waals surface area contributed by atoms with Crippen molar-refractivity contribution in [2.24, 2.45) is 0 Å². The molecule has 1 saturated heterocycles. The Bertz CT molecular complexity index is 959. The number of carbonyl (C=O) groups excluding carboxylic acids is 2.